The molecule has 1 aromatic carbocycles. The van der Waals surface area contributed by atoms with Gasteiger partial charge in [-0.25, -0.2) is 0 Å². The molecule has 2 aromatic heterocycles. The lowest BCUT2D eigenvalue weighted by Gasteiger charge is -1.94. The van der Waals surface area contributed by atoms with Crippen LogP contribution in [0.4, 0.5) is 0 Å². The first-order valence-corrected chi connectivity index (χ1v) is 5.71. The van der Waals surface area contributed by atoms with Gasteiger partial charge < -0.3 is 9.09 Å². The highest BCUT2D eigenvalue weighted by Crippen LogP contribution is 2.22. The van der Waals surface area contributed by atoms with Gasteiger partial charge >= 0.3 is 0 Å². The fourth-order valence-electron chi connectivity index (χ4n) is 2.22. The molecule has 4 nitrogen and oxygen atoms in total. The van der Waals surface area contributed by atoms with Crippen molar-refractivity contribution < 1.29 is 9.32 Å². The van der Waals surface area contributed by atoms with Gasteiger partial charge in [-0.05, 0) is 11.6 Å². The topological polar surface area (TPSA) is 48.0 Å². The Morgan fingerprint density at radius 2 is 2.22 bits per heavy atom. The van der Waals surface area contributed by atoms with Gasteiger partial charge in [0.25, 0.3) is 0 Å². The summed E-state index contributed by atoms with van der Waals surface area (Å²) in [5.41, 5.74) is 2.69. The number of hydrogen-bond donors (Lipinski definition) is 0. The van der Waals surface area contributed by atoms with Crippen LogP contribution in [0.3, 0.4) is 0 Å². The second-order valence-electron chi connectivity index (χ2n) is 4.30. The third kappa shape index (κ3) is 1.72. The van der Waals surface area contributed by atoms with Gasteiger partial charge in [-0.15, -0.1) is 0 Å². The summed E-state index contributed by atoms with van der Waals surface area (Å²) in [7, 11) is 2.02. The maximum absolute atomic E-state index is 10.6. The molecular formula is C14H12N2O2. The molecule has 0 N–H and O–H groups in total. The van der Waals surface area contributed by atoms with Crippen LogP contribution in [-0.2, 0) is 13.5 Å². The largest absolute Gasteiger partial charge is 0.360 e. The number of nitrogens with zero attached hydrogens (tertiary/aromatic N) is 2. The van der Waals surface area contributed by atoms with Crippen molar-refractivity contribution in [3.63, 3.8) is 0 Å². The predicted molar refractivity (Wildman–Crippen MR) is 67.6 cm³/mol. The number of aldehydes is 1. The number of benzene rings is 1. The molecule has 0 aliphatic carbocycles. The van der Waals surface area contributed by atoms with Crippen LogP contribution in [0.2, 0.25) is 0 Å². The molecule has 0 saturated heterocycles. The van der Waals surface area contributed by atoms with E-state index < -0.39 is 0 Å². The van der Waals surface area contributed by atoms with Gasteiger partial charge in [0.05, 0.1) is 0 Å². The summed E-state index contributed by atoms with van der Waals surface area (Å²) in [5.74, 6) is 0.702. The molecule has 0 bridgehead atoms. The summed E-state index contributed by atoms with van der Waals surface area (Å²) in [6, 6.07) is 9.88. The van der Waals surface area contributed by atoms with E-state index in [0.29, 0.717) is 24.2 Å². The van der Waals surface area contributed by atoms with Crippen molar-refractivity contribution in [3.8, 4) is 0 Å². The van der Waals surface area contributed by atoms with Crippen LogP contribution in [0, 0.1) is 0 Å². The monoisotopic (exact) mass is 240 g/mol. The van der Waals surface area contributed by atoms with Gasteiger partial charge in [0.2, 0.25) is 0 Å². The third-order valence-electron chi connectivity index (χ3n) is 3.04. The lowest BCUT2D eigenvalue weighted by atomic mass is 10.1. The molecule has 0 saturated carbocycles. The van der Waals surface area contributed by atoms with Crippen molar-refractivity contribution >= 4 is 17.2 Å². The smallest absolute Gasteiger partial charge is 0.171 e. The summed E-state index contributed by atoms with van der Waals surface area (Å²) < 4.78 is 7.21. The molecule has 0 amide bonds. The summed E-state index contributed by atoms with van der Waals surface area (Å²) in [5, 5.41) is 4.87. The van der Waals surface area contributed by atoms with Gasteiger partial charge in [0.1, 0.15) is 11.5 Å². The number of carbonyl (C=O) groups excluding carboxylic acids is 1. The first-order chi connectivity index (χ1) is 8.78. The Balaban J connectivity index is 2.02. The molecule has 0 fully saturated rings. The summed E-state index contributed by atoms with van der Waals surface area (Å²) in [6.07, 6.45) is 3.41. The first kappa shape index (κ1) is 10.8. The fraction of sp³-hybridized carbons (Fsp3) is 0.143. The van der Waals surface area contributed by atoms with Gasteiger partial charge in [0.15, 0.2) is 6.29 Å². The predicted octanol–water partition coefficient (Wildman–Crippen LogP) is 2.57. The molecule has 0 radical (unpaired) electrons. The second kappa shape index (κ2) is 4.14. The highest BCUT2D eigenvalue weighted by molar-refractivity contribution is 5.84. The fourth-order valence-corrected chi connectivity index (χ4v) is 2.22. The molecule has 0 atom stereocenters. The Kier molecular flexibility index (Phi) is 2.48. The molecule has 0 aliphatic rings. The summed E-state index contributed by atoms with van der Waals surface area (Å²) in [4.78, 5) is 10.6. The van der Waals surface area contributed by atoms with Crippen LogP contribution in [-0.4, -0.2) is 16.0 Å². The van der Waals surface area contributed by atoms with Crippen LogP contribution in [0.25, 0.3) is 10.9 Å². The van der Waals surface area contributed by atoms with E-state index in [-0.39, 0.29) is 0 Å². The summed E-state index contributed by atoms with van der Waals surface area (Å²) >= 11 is 0. The molecule has 2 heterocycles. The van der Waals surface area contributed by atoms with Crippen LogP contribution in [0.5, 0.6) is 0 Å². The highest BCUT2D eigenvalue weighted by atomic mass is 16.5. The minimum atomic E-state index is 0.338. The number of aryl methyl sites for hydroxylation is 1. The molecule has 0 spiro atoms. The van der Waals surface area contributed by atoms with E-state index in [2.05, 4.69) is 28.1 Å². The second-order valence-corrected chi connectivity index (χ2v) is 4.30. The number of para-hydroxylation sites is 1. The van der Waals surface area contributed by atoms with E-state index in [0.717, 1.165) is 0 Å². The lowest BCUT2D eigenvalue weighted by molar-refractivity contribution is 0.111. The first-order valence-electron chi connectivity index (χ1n) is 5.71. The average Bonchev–Trinajstić information content (AvgIpc) is 2.97. The van der Waals surface area contributed by atoms with Crippen LogP contribution >= 0.6 is 0 Å². The van der Waals surface area contributed by atoms with Gasteiger partial charge in [-0.1, -0.05) is 23.4 Å². The SMILES string of the molecule is Cn1cc(Cc2cc(C=O)no2)c2ccccc21. The Labute approximate surface area is 104 Å². The van der Waals surface area contributed by atoms with Gasteiger partial charge in [-0.2, -0.15) is 0 Å². The molecule has 3 rings (SSSR count). The zero-order valence-electron chi connectivity index (χ0n) is 9.96. The lowest BCUT2D eigenvalue weighted by Crippen LogP contribution is -1.84. The molecular weight excluding hydrogens is 228 g/mol. The number of fused-ring (bicyclic) bond motifs is 1. The Morgan fingerprint density at radius 1 is 1.39 bits per heavy atom. The van der Waals surface area contributed by atoms with E-state index in [9.17, 15) is 4.79 Å². The maximum Gasteiger partial charge on any atom is 0.171 e. The maximum atomic E-state index is 10.6. The number of rotatable bonds is 3. The van der Waals surface area contributed by atoms with Crippen LogP contribution in [0.1, 0.15) is 21.8 Å². The van der Waals surface area contributed by atoms with Crippen molar-refractivity contribution in [2.45, 2.75) is 6.42 Å². The average molecular weight is 240 g/mol. The van der Waals surface area contributed by atoms with Crippen molar-refractivity contribution in [1.29, 1.82) is 0 Å². The number of hydrogen-bond acceptors (Lipinski definition) is 3. The van der Waals surface area contributed by atoms with E-state index >= 15 is 0 Å². The standard InChI is InChI=1S/C14H12N2O2/c1-16-8-10(13-4-2-3-5-14(13)16)6-12-7-11(9-17)15-18-12/h2-5,7-9H,6H2,1H3. The third-order valence-corrected chi connectivity index (χ3v) is 3.04. The van der Waals surface area contributed by atoms with E-state index in [1.54, 1.807) is 6.07 Å². The highest BCUT2D eigenvalue weighted by Gasteiger charge is 2.10. The van der Waals surface area contributed by atoms with Gasteiger partial charge in [0, 0.05) is 36.6 Å². The van der Waals surface area contributed by atoms with Crippen molar-refractivity contribution in [3.05, 3.63) is 53.5 Å². The van der Waals surface area contributed by atoms with E-state index in [4.69, 9.17) is 4.52 Å². The molecule has 4 heteroatoms. The van der Waals surface area contributed by atoms with Gasteiger partial charge in [-0.3, -0.25) is 4.79 Å². The number of aromatic nitrogens is 2. The normalized spacial score (nSPS) is 10.9. The molecule has 0 aliphatic heterocycles. The van der Waals surface area contributed by atoms with Crippen LogP contribution in [0.15, 0.2) is 41.1 Å². The number of carbonyl (C=O) groups is 1. The molecule has 90 valence electrons. The van der Waals surface area contributed by atoms with Crippen molar-refractivity contribution in [2.24, 2.45) is 7.05 Å². The minimum Gasteiger partial charge on any atom is -0.360 e. The zero-order valence-corrected chi connectivity index (χ0v) is 9.96. The minimum absolute atomic E-state index is 0.338. The van der Waals surface area contributed by atoms with Crippen LogP contribution < -0.4 is 0 Å². The van der Waals surface area contributed by atoms with E-state index in [1.807, 2.05) is 19.2 Å². The zero-order chi connectivity index (χ0) is 12.5. The summed E-state index contributed by atoms with van der Waals surface area (Å²) in [6.45, 7) is 0. The quantitative estimate of drug-likeness (QED) is 0.661. The molecule has 3 aromatic rings. The van der Waals surface area contributed by atoms with Crippen molar-refractivity contribution in [2.75, 3.05) is 0 Å². The molecule has 18 heavy (non-hydrogen) atoms. The molecule has 0 unspecified atom stereocenters. The Bertz CT molecular complexity index is 709. The van der Waals surface area contributed by atoms with E-state index in [1.165, 1.54) is 16.5 Å². The Hall–Kier alpha value is -2.36. The van der Waals surface area contributed by atoms with Crippen molar-refractivity contribution in [1.82, 2.24) is 9.72 Å². The Morgan fingerprint density at radius 3 is 3.00 bits per heavy atom.